The summed E-state index contributed by atoms with van der Waals surface area (Å²) < 4.78 is 0. The molecule has 0 aromatic rings. The van der Waals surface area contributed by atoms with E-state index in [2.05, 4.69) is 36.0 Å². The summed E-state index contributed by atoms with van der Waals surface area (Å²) in [6.07, 6.45) is 5.16. The van der Waals surface area contributed by atoms with Crippen molar-refractivity contribution in [2.24, 2.45) is 0 Å². The van der Waals surface area contributed by atoms with Crippen LogP contribution in [0.25, 0.3) is 0 Å². The maximum Gasteiger partial charge on any atom is 0.0194 e. The lowest BCUT2D eigenvalue weighted by molar-refractivity contribution is 0.240. The van der Waals surface area contributed by atoms with Crippen molar-refractivity contribution >= 4 is 0 Å². The van der Waals surface area contributed by atoms with Gasteiger partial charge in [-0.05, 0) is 45.9 Å². The third-order valence-electron chi connectivity index (χ3n) is 3.61. The average molecular weight is 241 g/mol. The van der Waals surface area contributed by atoms with Crippen molar-refractivity contribution in [3.05, 3.63) is 0 Å². The van der Waals surface area contributed by atoms with Crippen LogP contribution in [0.4, 0.5) is 0 Å². The van der Waals surface area contributed by atoms with Crippen molar-refractivity contribution in [2.45, 2.75) is 45.6 Å². The van der Waals surface area contributed by atoms with E-state index in [1.807, 2.05) is 0 Å². The number of hydrogen-bond donors (Lipinski definition) is 1. The summed E-state index contributed by atoms with van der Waals surface area (Å²) >= 11 is 0. The Morgan fingerprint density at radius 2 is 1.88 bits per heavy atom. The molecule has 1 rings (SSSR count). The van der Waals surface area contributed by atoms with Gasteiger partial charge in [0.25, 0.3) is 0 Å². The smallest absolute Gasteiger partial charge is 0.0194 e. The van der Waals surface area contributed by atoms with Crippen molar-refractivity contribution in [3.8, 4) is 0 Å². The van der Waals surface area contributed by atoms with Crippen LogP contribution in [-0.4, -0.2) is 62.2 Å². The molecule has 0 spiro atoms. The summed E-state index contributed by atoms with van der Waals surface area (Å²) in [6, 6.07) is 0.698. The van der Waals surface area contributed by atoms with E-state index in [1.165, 1.54) is 65.0 Å². The molecule has 1 unspecified atom stereocenters. The molecule has 0 aliphatic carbocycles. The highest BCUT2D eigenvalue weighted by Gasteiger charge is 2.16. The van der Waals surface area contributed by atoms with Crippen molar-refractivity contribution in [1.29, 1.82) is 0 Å². The summed E-state index contributed by atoms with van der Waals surface area (Å²) in [7, 11) is 2.24. The molecule has 3 heteroatoms. The molecule has 1 atom stereocenters. The second kappa shape index (κ2) is 8.90. The van der Waals surface area contributed by atoms with Crippen LogP contribution in [0.3, 0.4) is 0 Å². The van der Waals surface area contributed by atoms with Gasteiger partial charge in [-0.15, -0.1) is 0 Å². The zero-order valence-corrected chi connectivity index (χ0v) is 12.0. The minimum absolute atomic E-state index is 0.698. The van der Waals surface area contributed by atoms with E-state index in [4.69, 9.17) is 0 Å². The zero-order valence-electron chi connectivity index (χ0n) is 12.0. The number of nitrogens with one attached hydrogen (secondary N) is 1. The van der Waals surface area contributed by atoms with E-state index in [-0.39, 0.29) is 0 Å². The SMILES string of the molecule is CCCNC(CCC)CN1CCCN(C)CC1. The normalized spacial score (nSPS) is 21.4. The van der Waals surface area contributed by atoms with E-state index in [0.29, 0.717) is 6.04 Å². The molecule has 17 heavy (non-hydrogen) atoms. The van der Waals surface area contributed by atoms with Gasteiger partial charge < -0.3 is 15.1 Å². The second-order valence-corrected chi connectivity index (χ2v) is 5.40. The highest BCUT2D eigenvalue weighted by molar-refractivity contribution is 4.75. The first-order valence-electron chi connectivity index (χ1n) is 7.40. The molecule has 0 amide bonds. The van der Waals surface area contributed by atoms with Crippen molar-refractivity contribution in [3.63, 3.8) is 0 Å². The van der Waals surface area contributed by atoms with Gasteiger partial charge in [-0.25, -0.2) is 0 Å². The van der Waals surface area contributed by atoms with Gasteiger partial charge >= 0.3 is 0 Å². The lowest BCUT2D eigenvalue weighted by Gasteiger charge is -2.27. The number of rotatable bonds is 7. The highest BCUT2D eigenvalue weighted by Crippen LogP contribution is 2.05. The number of nitrogens with zero attached hydrogens (tertiary/aromatic N) is 2. The van der Waals surface area contributed by atoms with Gasteiger partial charge in [0.2, 0.25) is 0 Å². The third-order valence-corrected chi connectivity index (χ3v) is 3.61. The van der Waals surface area contributed by atoms with Crippen LogP contribution in [0.5, 0.6) is 0 Å². The summed E-state index contributed by atoms with van der Waals surface area (Å²) in [5, 5.41) is 3.69. The van der Waals surface area contributed by atoms with Crippen molar-refractivity contribution in [2.75, 3.05) is 46.3 Å². The van der Waals surface area contributed by atoms with Gasteiger partial charge in [0, 0.05) is 25.7 Å². The standard InChI is InChI=1S/C14H31N3/c1-4-7-14(15-8-5-2)13-17-10-6-9-16(3)11-12-17/h14-15H,4-13H2,1-3H3. The Kier molecular flexibility index (Phi) is 7.82. The Labute approximate surface area is 108 Å². The Hall–Kier alpha value is -0.120. The maximum atomic E-state index is 3.69. The van der Waals surface area contributed by atoms with E-state index in [1.54, 1.807) is 0 Å². The molecule has 1 heterocycles. The summed E-state index contributed by atoms with van der Waals surface area (Å²) in [4.78, 5) is 5.10. The molecular formula is C14H31N3. The fourth-order valence-electron chi connectivity index (χ4n) is 2.55. The predicted octanol–water partition coefficient (Wildman–Crippen LogP) is 1.79. The zero-order chi connectivity index (χ0) is 12.5. The highest BCUT2D eigenvalue weighted by atomic mass is 15.2. The predicted molar refractivity (Wildman–Crippen MR) is 75.5 cm³/mol. The van der Waals surface area contributed by atoms with Gasteiger partial charge in [-0.2, -0.15) is 0 Å². The Morgan fingerprint density at radius 3 is 2.59 bits per heavy atom. The summed E-state index contributed by atoms with van der Waals surface area (Å²) in [5.41, 5.74) is 0. The number of likely N-dealkylation sites (N-methyl/N-ethyl adjacent to an activating group) is 1. The Bertz CT molecular complexity index is 182. The fraction of sp³-hybridized carbons (Fsp3) is 1.00. The first kappa shape index (κ1) is 14.9. The maximum absolute atomic E-state index is 3.69. The first-order valence-corrected chi connectivity index (χ1v) is 7.40. The fourth-order valence-corrected chi connectivity index (χ4v) is 2.55. The largest absolute Gasteiger partial charge is 0.313 e. The van der Waals surface area contributed by atoms with Crippen LogP contribution in [-0.2, 0) is 0 Å². The molecule has 0 bridgehead atoms. The quantitative estimate of drug-likeness (QED) is 0.733. The molecule has 0 aromatic carbocycles. The number of hydrogen-bond acceptors (Lipinski definition) is 3. The molecule has 102 valence electrons. The lowest BCUT2D eigenvalue weighted by atomic mass is 10.1. The van der Waals surface area contributed by atoms with Gasteiger partial charge in [0.1, 0.15) is 0 Å². The lowest BCUT2D eigenvalue weighted by Crippen LogP contribution is -2.42. The molecule has 1 fully saturated rings. The summed E-state index contributed by atoms with van der Waals surface area (Å²) in [5.74, 6) is 0. The van der Waals surface area contributed by atoms with E-state index in [0.717, 1.165) is 0 Å². The third kappa shape index (κ3) is 6.39. The van der Waals surface area contributed by atoms with Gasteiger partial charge in [0.15, 0.2) is 0 Å². The first-order chi connectivity index (χ1) is 8.26. The minimum atomic E-state index is 0.698. The molecule has 0 radical (unpaired) electrons. The summed E-state index contributed by atoms with van der Waals surface area (Å²) in [6.45, 7) is 11.9. The monoisotopic (exact) mass is 241 g/mol. The molecule has 1 N–H and O–H groups in total. The van der Waals surface area contributed by atoms with Crippen LogP contribution < -0.4 is 5.32 Å². The van der Waals surface area contributed by atoms with E-state index >= 15 is 0 Å². The van der Waals surface area contributed by atoms with Crippen molar-refractivity contribution in [1.82, 2.24) is 15.1 Å². The molecule has 1 saturated heterocycles. The van der Waals surface area contributed by atoms with Crippen LogP contribution in [0.15, 0.2) is 0 Å². The van der Waals surface area contributed by atoms with E-state index < -0.39 is 0 Å². The second-order valence-electron chi connectivity index (χ2n) is 5.40. The van der Waals surface area contributed by atoms with Crippen LogP contribution in [0, 0.1) is 0 Å². The van der Waals surface area contributed by atoms with Gasteiger partial charge in [0.05, 0.1) is 0 Å². The van der Waals surface area contributed by atoms with Crippen molar-refractivity contribution < 1.29 is 0 Å². The Morgan fingerprint density at radius 1 is 1.06 bits per heavy atom. The molecular weight excluding hydrogens is 210 g/mol. The van der Waals surface area contributed by atoms with Crippen LogP contribution >= 0.6 is 0 Å². The van der Waals surface area contributed by atoms with Crippen LogP contribution in [0.2, 0.25) is 0 Å². The molecule has 0 aromatic heterocycles. The molecule has 3 nitrogen and oxygen atoms in total. The average Bonchev–Trinajstić information content (AvgIpc) is 2.52. The minimum Gasteiger partial charge on any atom is -0.313 e. The van der Waals surface area contributed by atoms with Gasteiger partial charge in [-0.1, -0.05) is 20.3 Å². The van der Waals surface area contributed by atoms with Crippen LogP contribution in [0.1, 0.15) is 39.5 Å². The Balaban J connectivity index is 2.31. The molecule has 1 aliphatic rings. The van der Waals surface area contributed by atoms with E-state index in [9.17, 15) is 0 Å². The van der Waals surface area contributed by atoms with Gasteiger partial charge in [-0.3, -0.25) is 0 Å². The molecule has 1 aliphatic heterocycles. The molecule has 0 saturated carbocycles. The topological polar surface area (TPSA) is 18.5 Å².